The second kappa shape index (κ2) is 4.01. The molecule has 0 fully saturated rings. The summed E-state index contributed by atoms with van der Waals surface area (Å²) in [5, 5.41) is 17.5. The van der Waals surface area contributed by atoms with Gasteiger partial charge in [-0.2, -0.15) is 0 Å². The van der Waals surface area contributed by atoms with Gasteiger partial charge in [0.25, 0.3) is 0 Å². The molecular formula is C8H10N6O2. The summed E-state index contributed by atoms with van der Waals surface area (Å²) in [5.41, 5.74) is 0.793. The molecule has 0 saturated carbocycles. The summed E-state index contributed by atoms with van der Waals surface area (Å²) in [6, 6.07) is 0. The van der Waals surface area contributed by atoms with Crippen molar-refractivity contribution in [2.24, 2.45) is 7.05 Å². The number of nitrogens with one attached hydrogen (secondary N) is 2. The molecule has 0 aromatic carbocycles. The zero-order valence-electron chi connectivity index (χ0n) is 8.54. The van der Waals surface area contributed by atoms with Crippen LogP contribution >= 0.6 is 0 Å². The minimum Gasteiger partial charge on any atom is -0.357 e. The van der Waals surface area contributed by atoms with Crippen molar-refractivity contribution in [2.75, 3.05) is 5.32 Å². The number of rotatable bonds is 4. The van der Waals surface area contributed by atoms with E-state index in [2.05, 4.69) is 20.4 Å². The number of hydrogen-bond acceptors (Lipinski definition) is 5. The van der Waals surface area contributed by atoms with Crippen molar-refractivity contribution >= 4 is 11.5 Å². The molecule has 84 valence electrons. The number of nitrogens with zero attached hydrogens (tertiary/aromatic N) is 4. The normalized spacial score (nSPS) is 10.3. The summed E-state index contributed by atoms with van der Waals surface area (Å²) in [4.78, 5) is 16.9. The van der Waals surface area contributed by atoms with Gasteiger partial charge in [0, 0.05) is 13.2 Å². The van der Waals surface area contributed by atoms with Gasteiger partial charge in [0.15, 0.2) is 0 Å². The second-order valence-corrected chi connectivity index (χ2v) is 3.22. The monoisotopic (exact) mass is 222 g/mol. The van der Waals surface area contributed by atoms with E-state index in [0.717, 1.165) is 5.69 Å². The molecule has 2 rings (SSSR count). The molecule has 0 saturated heterocycles. The van der Waals surface area contributed by atoms with Crippen molar-refractivity contribution in [3.05, 3.63) is 34.5 Å². The van der Waals surface area contributed by atoms with Crippen LogP contribution in [0.4, 0.5) is 11.5 Å². The highest BCUT2D eigenvalue weighted by atomic mass is 16.6. The van der Waals surface area contributed by atoms with Gasteiger partial charge in [0.2, 0.25) is 5.82 Å². The van der Waals surface area contributed by atoms with Crippen molar-refractivity contribution in [3.63, 3.8) is 0 Å². The summed E-state index contributed by atoms with van der Waals surface area (Å²) < 4.78 is 1.40. The lowest BCUT2D eigenvalue weighted by Gasteiger charge is -1.99. The molecule has 16 heavy (non-hydrogen) atoms. The third-order valence-corrected chi connectivity index (χ3v) is 2.01. The molecule has 0 aliphatic carbocycles. The van der Waals surface area contributed by atoms with Crippen molar-refractivity contribution < 1.29 is 4.92 Å². The van der Waals surface area contributed by atoms with E-state index in [0.29, 0.717) is 6.54 Å². The number of anilines is 1. The molecule has 0 amide bonds. The molecule has 8 heteroatoms. The van der Waals surface area contributed by atoms with Crippen LogP contribution in [-0.2, 0) is 13.6 Å². The van der Waals surface area contributed by atoms with Crippen LogP contribution < -0.4 is 5.32 Å². The van der Waals surface area contributed by atoms with Gasteiger partial charge in [0.05, 0.1) is 23.5 Å². The number of aromatic nitrogens is 4. The Bertz CT molecular complexity index is 489. The van der Waals surface area contributed by atoms with Crippen molar-refractivity contribution in [1.29, 1.82) is 0 Å². The van der Waals surface area contributed by atoms with Crippen LogP contribution in [-0.4, -0.2) is 24.7 Å². The first-order valence-electron chi connectivity index (χ1n) is 4.56. The topological polar surface area (TPSA) is 102 Å². The number of aryl methyl sites for hydroxylation is 1. The Balaban J connectivity index is 2.12. The molecule has 0 unspecified atom stereocenters. The van der Waals surface area contributed by atoms with Gasteiger partial charge >= 0.3 is 5.69 Å². The zero-order valence-corrected chi connectivity index (χ0v) is 8.54. The van der Waals surface area contributed by atoms with Crippen LogP contribution in [0.5, 0.6) is 0 Å². The lowest BCUT2D eigenvalue weighted by Crippen LogP contribution is -2.02. The van der Waals surface area contributed by atoms with Gasteiger partial charge < -0.3 is 10.3 Å². The average molecular weight is 222 g/mol. The van der Waals surface area contributed by atoms with Crippen molar-refractivity contribution in [1.82, 2.24) is 19.7 Å². The first-order chi connectivity index (χ1) is 7.66. The molecule has 0 aliphatic heterocycles. The van der Waals surface area contributed by atoms with E-state index in [1.807, 2.05) is 0 Å². The predicted molar refractivity (Wildman–Crippen MR) is 55.8 cm³/mol. The number of H-pyrrole nitrogens is 1. The second-order valence-electron chi connectivity index (χ2n) is 3.22. The molecule has 8 nitrogen and oxygen atoms in total. The number of nitro groups is 1. The SMILES string of the molecule is Cn1cc([N+](=O)[O-])c(NCc2cnc[nH]2)n1. The maximum absolute atomic E-state index is 10.7. The Morgan fingerprint density at radius 3 is 3.12 bits per heavy atom. The Labute approximate surface area is 90.5 Å². The fourth-order valence-corrected chi connectivity index (χ4v) is 1.30. The summed E-state index contributed by atoms with van der Waals surface area (Å²) >= 11 is 0. The third-order valence-electron chi connectivity index (χ3n) is 2.01. The van der Waals surface area contributed by atoms with E-state index in [-0.39, 0.29) is 11.5 Å². The largest absolute Gasteiger partial charge is 0.357 e. The summed E-state index contributed by atoms with van der Waals surface area (Å²) in [5.74, 6) is 0.252. The Morgan fingerprint density at radius 2 is 2.50 bits per heavy atom. The summed E-state index contributed by atoms with van der Waals surface area (Å²) in [7, 11) is 1.63. The van der Waals surface area contributed by atoms with Gasteiger partial charge in [-0.1, -0.05) is 0 Å². The fraction of sp³-hybridized carbons (Fsp3) is 0.250. The minimum atomic E-state index is -0.470. The molecule has 0 atom stereocenters. The Morgan fingerprint density at radius 1 is 1.69 bits per heavy atom. The molecule has 0 bridgehead atoms. The lowest BCUT2D eigenvalue weighted by atomic mass is 10.4. The first kappa shape index (κ1) is 10.1. The lowest BCUT2D eigenvalue weighted by molar-refractivity contribution is -0.384. The van der Waals surface area contributed by atoms with E-state index < -0.39 is 4.92 Å². The molecule has 2 aromatic rings. The average Bonchev–Trinajstić information content (AvgIpc) is 2.83. The van der Waals surface area contributed by atoms with Crippen LogP contribution in [0, 0.1) is 10.1 Å². The van der Waals surface area contributed by atoms with Crippen molar-refractivity contribution in [3.8, 4) is 0 Å². The summed E-state index contributed by atoms with van der Waals surface area (Å²) in [6.45, 7) is 0.415. The quantitative estimate of drug-likeness (QED) is 0.584. The van der Waals surface area contributed by atoms with E-state index in [4.69, 9.17) is 0 Å². The smallest absolute Gasteiger partial charge is 0.330 e. The van der Waals surface area contributed by atoms with Crippen LogP contribution in [0.25, 0.3) is 0 Å². The highest BCUT2D eigenvalue weighted by Gasteiger charge is 2.17. The van der Waals surface area contributed by atoms with Crippen LogP contribution in [0.2, 0.25) is 0 Å². The fourth-order valence-electron chi connectivity index (χ4n) is 1.30. The maximum atomic E-state index is 10.7. The Kier molecular flexibility index (Phi) is 2.54. The molecular weight excluding hydrogens is 212 g/mol. The predicted octanol–water partition coefficient (Wildman–Crippen LogP) is 0.663. The van der Waals surface area contributed by atoms with E-state index >= 15 is 0 Å². The van der Waals surface area contributed by atoms with Crippen LogP contribution in [0.1, 0.15) is 5.69 Å². The van der Waals surface area contributed by atoms with Gasteiger partial charge in [-0.3, -0.25) is 14.8 Å². The molecule has 0 radical (unpaired) electrons. The molecule has 2 N–H and O–H groups in total. The van der Waals surface area contributed by atoms with Crippen molar-refractivity contribution in [2.45, 2.75) is 6.54 Å². The van der Waals surface area contributed by atoms with E-state index in [1.165, 1.54) is 10.9 Å². The van der Waals surface area contributed by atoms with Gasteiger partial charge in [0.1, 0.15) is 6.20 Å². The molecule has 0 aliphatic rings. The van der Waals surface area contributed by atoms with Crippen LogP contribution in [0.15, 0.2) is 18.7 Å². The highest BCUT2D eigenvalue weighted by molar-refractivity contribution is 5.54. The molecule has 0 spiro atoms. The number of hydrogen-bond donors (Lipinski definition) is 2. The molecule has 2 heterocycles. The van der Waals surface area contributed by atoms with Gasteiger partial charge in [-0.05, 0) is 0 Å². The maximum Gasteiger partial charge on any atom is 0.330 e. The van der Waals surface area contributed by atoms with E-state index in [9.17, 15) is 10.1 Å². The van der Waals surface area contributed by atoms with Gasteiger partial charge in [-0.25, -0.2) is 4.98 Å². The standard InChI is InChI=1S/C8H10N6O2/c1-13-4-7(14(15)16)8(12-13)10-3-6-2-9-5-11-6/h2,4-5H,3H2,1H3,(H,9,11)(H,10,12). The van der Waals surface area contributed by atoms with Crippen LogP contribution in [0.3, 0.4) is 0 Å². The zero-order chi connectivity index (χ0) is 11.5. The number of imidazole rings is 1. The first-order valence-corrected chi connectivity index (χ1v) is 4.56. The highest BCUT2D eigenvalue weighted by Crippen LogP contribution is 2.21. The number of aromatic amines is 1. The third kappa shape index (κ3) is 2.00. The molecule has 2 aromatic heterocycles. The summed E-state index contributed by atoms with van der Waals surface area (Å²) in [6.07, 6.45) is 4.54. The van der Waals surface area contributed by atoms with E-state index in [1.54, 1.807) is 19.6 Å². The van der Waals surface area contributed by atoms with Gasteiger partial charge in [-0.15, -0.1) is 5.10 Å². The Hall–Kier alpha value is -2.38. The minimum absolute atomic E-state index is 0.0398.